The highest BCUT2D eigenvalue weighted by Gasteiger charge is 2.21. The summed E-state index contributed by atoms with van der Waals surface area (Å²) in [5, 5.41) is 12.7. The fraction of sp³-hybridized carbons (Fsp3) is 0.400. The third-order valence-electron chi connectivity index (χ3n) is 3.41. The van der Waals surface area contributed by atoms with Crippen molar-refractivity contribution in [1.82, 2.24) is 4.90 Å². The number of rotatable bonds is 2. The summed E-state index contributed by atoms with van der Waals surface area (Å²) in [6.07, 6.45) is 1.46. The van der Waals surface area contributed by atoms with Crippen LogP contribution >= 0.6 is 0 Å². The molecule has 1 aliphatic rings. The van der Waals surface area contributed by atoms with Crippen molar-refractivity contribution in [1.29, 1.82) is 5.26 Å². The number of amides is 1. The summed E-state index contributed by atoms with van der Waals surface area (Å²) in [5.41, 5.74) is 0.736. The second-order valence-electron chi connectivity index (χ2n) is 4.94. The number of carbonyl (C=O) groups is 1. The van der Waals surface area contributed by atoms with E-state index >= 15 is 0 Å². The first kappa shape index (κ1) is 14.1. The Morgan fingerprint density at radius 3 is 2.60 bits per heavy atom. The molecule has 5 heteroatoms. The molecular formula is C15H17N3O2. The molecule has 0 spiro atoms. The van der Waals surface area contributed by atoms with E-state index in [2.05, 4.69) is 12.1 Å². The molecule has 5 nitrogen and oxygen atoms in total. The highest BCUT2D eigenvalue weighted by atomic mass is 16.7. The highest BCUT2D eigenvalue weighted by Crippen LogP contribution is 2.16. The van der Waals surface area contributed by atoms with Crippen molar-refractivity contribution in [2.45, 2.75) is 19.8 Å². The lowest BCUT2D eigenvalue weighted by Crippen LogP contribution is -2.37. The minimum atomic E-state index is -0.486. The van der Waals surface area contributed by atoms with E-state index in [0.29, 0.717) is 24.6 Å². The van der Waals surface area contributed by atoms with E-state index in [9.17, 15) is 4.79 Å². The molecule has 104 valence electrons. The van der Waals surface area contributed by atoms with Crippen molar-refractivity contribution >= 4 is 11.8 Å². The van der Waals surface area contributed by atoms with Gasteiger partial charge < -0.3 is 4.90 Å². The van der Waals surface area contributed by atoms with Gasteiger partial charge in [-0.05, 0) is 18.8 Å². The maximum Gasteiger partial charge on any atom is 0.436 e. The fourth-order valence-electron chi connectivity index (χ4n) is 2.07. The molecule has 0 atom stereocenters. The standard InChI is InChI=1S/C15H17N3O2/c1-12-7-9-18(10-8-12)15(19)20-17-14(11-16)13-5-3-2-4-6-13/h2-6,12H,7-10H2,1H3. The summed E-state index contributed by atoms with van der Waals surface area (Å²) < 4.78 is 0. The van der Waals surface area contributed by atoms with Crippen LogP contribution in [-0.4, -0.2) is 29.8 Å². The predicted molar refractivity (Wildman–Crippen MR) is 75.0 cm³/mol. The number of hydrogen-bond donors (Lipinski definition) is 0. The van der Waals surface area contributed by atoms with E-state index in [0.717, 1.165) is 12.8 Å². The van der Waals surface area contributed by atoms with Gasteiger partial charge in [0.2, 0.25) is 0 Å². The molecule has 1 heterocycles. The van der Waals surface area contributed by atoms with Gasteiger partial charge in [0.15, 0.2) is 5.71 Å². The molecule has 0 saturated carbocycles. The Hall–Kier alpha value is -2.35. The van der Waals surface area contributed by atoms with E-state index in [1.807, 2.05) is 12.1 Å². The Morgan fingerprint density at radius 2 is 2.00 bits per heavy atom. The number of nitrogens with zero attached hydrogens (tertiary/aromatic N) is 3. The van der Waals surface area contributed by atoms with E-state index in [-0.39, 0.29) is 5.71 Å². The molecule has 1 aliphatic heterocycles. The van der Waals surface area contributed by atoms with Crippen molar-refractivity contribution in [3.05, 3.63) is 35.9 Å². The molecule has 0 aliphatic carbocycles. The fourth-order valence-corrected chi connectivity index (χ4v) is 2.07. The van der Waals surface area contributed by atoms with Gasteiger partial charge in [0.05, 0.1) is 0 Å². The van der Waals surface area contributed by atoms with Crippen LogP contribution in [0.4, 0.5) is 4.79 Å². The number of nitriles is 1. The van der Waals surface area contributed by atoms with Crippen LogP contribution < -0.4 is 0 Å². The first-order chi connectivity index (χ1) is 9.70. The van der Waals surface area contributed by atoms with Crippen molar-refractivity contribution in [2.75, 3.05) is 13.1 Å². The molecule has 0 radical (unpaired) electrons. The topological polar surface area (TPSA) is 65.7 Å². The van der Waals surface area contributed by atoms with Crippen LogP contribution in [0.15, 0.2) is 35.5 Å². The lowest BCUT2D eigenvalue weighted by molar-refractivity contribution is 0.0920. The quantitative estimate of drug-likeness (QED) is 0.472. The van der Waals surface area contributed by atoms with Crippen molar-refractivity contribution in [3.63, 3.8) is 0 Å². The molecule has 1 aromatic rings. The van der Waals surface area contributed by atoms with E-state index in [1.165, 1.54) is 0 Å². The molecule has 0 bridgehead atoms. The lowest BCUT2D eigenvalue weighted by Gasteiger charge is -2.28. The van der Waals surface area contributed by atoms with Gasteiger partial charge in [-0.3, -0.25) is 4.84 Å². The minimum Gasteiger partial charge on any atom is -0.306 e. The van der Waals surface area contributed by atoms with Crippen molar-refractivity contribution in [3.8, 4) is 6.07 Å². The zero-order valence-electron chi connectivity index (χ0n) is 11.5. The number of carbonyl (C=O) groups excluding carboxylic acids is 1. The average molecular weight is 271 g/mol. The third kappa shape index (κ3) is 3.58. The predicted octanol–water partition coefficient (Wildman–Crippen LogP) is 2.78. The zero-order chi connectivity index (χ0) is 14.4. The van der Waals surface area contributed by atoms with Gasteiger partial charge in [-0.15, -0.1) is 0 Å². The van der Waals surface area contributed by atoms with Gasteiger partial charge >= 0.3 is 6.09 Å². The largest absolute Gasteiger partial charge is 0.436 e. The Kier molecular flexibility index (Phi) is 4.72. The molecule has 0 unspecified atom stereocenters. The number of oxime groups is 1. The molecule has 1 saturated heterocycles. The Bertz CT molecular complexity index is 526. The van der Waals surface area contributed by atoms with Crippen LogP contribution in [-0.2, 0) is 4.84 Å². The maximum absolute atomic E-state index is 11.8. The van der Waals surface area contributed by atoms with E-state index in [1.54, 1.807) is 29.2 Å². The van der Waals surface area contributed by atoms with Crippen LogP contribution in [0.3, 0.4) is 0 Å². The summed E-state index contributed by atoms with van der Waals surface area (Å²) in [6, 6.07) is 10.9. The molecule has 1 amide bonds. The molecular weight excluding hydrogens is 254 g/mol. The normalized spacial score (nSPS) is 16.6. The molecule has 0 aromatic heterocycles. The second-order valence-corrected chi connectivity index (χ2v) is 4.94. The maximum atomic E-state index is 11.8. The van der Waals surface area contributed by atoms with Gasteiger partial charge in [-0.2, -0.15) is 5.26 Å². The Labute approximate surface area is 118 Å². The molecule has 0 N–H and O–H groups in total. The lowest BCUT2D eigenvalue weighted by atomic mass is 10.00. The molecule has 2 rings (SSSR count). The molecule has 20 heavy (non-hydrogen) atoms. The van der Waals surface area contributed by atoms with E-state index in [4.69, 9.17) is 10.1 Å². The van der Waals surface area contributed by atoms with Crippen LogP contribution in [0.1, 0.15) is 25.3 Å². The third-order valence-corrected chi connectivity index (χ3v) is 3.41. The van der Waals surface area contributed by atoms with Gasteiger partial charge in [0.1, 0.15) is 6.07 Å². The van der Waals surface area contributed by atoms with E-state index < -0.39 is 6.09 Å². The number of hydrogen-bond acceptors (Lipinski definition) is 4. The zero-order valence-corrected chi connectivity index (χ0v) is 11.5. The van der Waals surface area contributed by atoms with Crippen LogP contribution in [0.25, 0.3) is 0 Å². The first-order valence-corrected chi connectivity index (χ1v) is 6.70. The monoisotopic (exact) mass is 271 g/mol. The number of likely N-dealkylation sites (tertiary alicyclic amines) is 1. The summed E-state index contributed by atoms with van der Waals surface area (Å²) in [6.45, 7) is 3.54. The van der Waals surface area contributed by atoms with Gasteiger partial charge in [0.25, 0.3) is 0 Å². The summed E-state index contributed by atoms with van der Waals surface area (Å²) >= 11 is 0. The summed E-state index contributed by atoms with van der Waals surface area (Å²) in [7, 11) is 0. The summed E-state index contributed by atoms with van der Waals surface area (Å²) in [4.78, 5) is 18.3. The number of piperidine rings is 1. The van der Waals surface area contributed by atoms with Crippen LogP contribution in [0.2, 0.25) is 0 Å². The SMILES string of the molecule is CC1CCN(C(=O)ON=C(C#N)c2ccccc2)CC1. The highest BCUT2D eigenvalue weighted by molar-refractivity contribution is 6.11. The average Bonchev–Trinajstić information content (AvgIpc) is 2.49. The van der Waals surface area contributed by atoms with Crippen LogP contribution in [0.5, 0.6) is 0 Å². The van der Waals surface area contributed by atoms with Gasteiger partial charge in [-0.25, -0.2) is 4.79 Å². The number of benzene rings is 1. The Balaban J connectivity index is 1.97. The Morgan fingerprint density at radius 1 is 1.35 bits per heavy atom. The first-order valence-electron chi connectivity index (χ1n) is 6.70. The summed E-state index contributed by atoms with van der Waals surface area (Å²) in [5.74, 6) is 0.640. The second kappa shape index (κ2) is 6.71. The van der Waals surface area contributed by atoms with Crippen molar-refractivity contribution in [2.24, 2.45) is 11.1 Å². The van der Waals surface area contributed by atoms with Crippen LogP contribution in [0, 0.1) is 17.2 Å². The van der Waals surface area contributed by atoms with Gasteiger partial charge in [0, 0.05) is 18.7 Å². The minimum absolute atomic E-state index is 0.101. The van der Waals surface area contributed by atoms with Crippen molar-refractivity contribution < 1.29 is 9.63 Å². The molecule has 1 aromatic carbocycles. The van der Waals surface area contributed by atoms with Gasteiger partial charge in [-0.1, -0.05) is 42.4 Å². The smallest absolute Gasteiger partial charge is 0.306 e. The molecule has 1 fully saturated rings.